The lowest BCUT2D eigenvalue weighted by Crippen LogP contribution is -2.58. The molecule has 0 radical (unpaired) electrons. The van der Waals surface area contributed by atoms with Crippen molar-refractivity contribution in [1.29, 1.82) is 0 Å². The molecule has 1 saturated carbocycles. The number of carboxylic acids is 1. The summed E-state index contributed by atoms with van der Waals surface area (Å²) in [6, 6.07) is -1.76. The van der Waals surface area contributed by atoms with Gasteiger partial charge < -0.3 is 19.5 Å². The second kappa shape index (κ2) is 10.1. The van der Waals surface area contributed by atoms with E-state index in [1.54, 1.807) is 0 Å². The summed E-state index contributed by atoms with van der Waals surface area (Å²) in [5, 5.41) is 9.89. The van der Waals surface area contributed by atoms with Crippen LogP contribution in [0.25, 0.3) is 0 Å². The summed E-state index contributed by atoms with van der Waals surface area (Å²) in [6.07, 6.45) is 5.18. The van der Waals surface area contributed by atoms with E-state index < -0.39 is 30.4 Å². The van der Waals surface area contributed by atoms with Crippen molar-refractivity contribution in [3.63, 3.8) is 0 Å². The molecule has 0 aromatic carbocycles. The minimum atomic E-state index is -1.23. The fourth-order valence-corrected chi connectivity index (χ4v) is 3.40. The first-order valence-electron chi connectivity index (χ1n) is 9.13. The summed E-state index contributed by atoms with van der Waals surface area (Å²) in [7, 11) is 0. The number of hydrazine groups is 1. The topological polar surface area (TPSA) is 116 Å². The molecule has 3 amide bonds. The van der Waals surface area contributed by atoms with Gasteiger partial charge >= 0.3 is 12.0 Å². The Morgan fingerprint density at radius 2 is 1.88 bits per heavy atom. The van der Waals surface area contributed by atoms with Crippen molar-refractivity contribution in [3.8, 4) is 0 Å². The van der Waals surface area contributed by atoms with E-state index in [-0.39, 0.29) is 6.42 Å². The zero-order valence-corrected chi connectivity index (χ0v) is 14.9. The summed E-state index contributed by atoms with van der Waals surface area (Å²) >= 11 is 0. The fourth-order valence-electron chi connectivity index (χ4n) is 3.40. The summed E-state index contributed by atoms with van der Waals surface area (Å²) in [4.78, 5) is 48.8. The first-order chi connectivity index (χ1) is 12.5. The standard InChI is InChI=1S/C17H27N3O6/c21-12-14(11-16(23)24)20(15(22)6-5-13-3-1-2-4-13)18-17(25)19-7-9-26-10-8-19/h12-14H,1-11H2,(H,18,25)(H,23,24)/t14-/m0/s1. The number of ether oxygens (including phenoxy) is 1. The molecule has 0 bridgehead atoms. The van der Waals surface area contributed by atoms with Crippen LogP contribution in [-0.2, 0) is 19.1 Å². The number of carboxylic acid groups (broad SMARTS) is 1. The lowest BCUT2D eigenvalue weighted by atomic mass is 10.0. The number of hydrogen-bond acceptors (Lipinski definition) is 5. The second-order valence-corrected chi connectivity index (χ2v) is 6.77. The molecule has 0 aromatic rings. The first-order valence-corrected chi connectivity index (χ1v) is 9.13. The van der Waals surface area contributed by atoms with Gasteiger partial charge in [-0.25, -0.2) is 15.2 Å². The smallest absolute Gasteiger partial charge is 0.336 e. The maximum absolute atomic E-state index is 12.6. The zero-order chi connectivity index (χ0) is 18.9. The number of rotatable bonds is 7. The van der Waals surface area contributed by atoms with Gasteiger partial charge in [0, 0.05) is 19.5 Å². The second-order valence-electron chi connectivity index (χ2n) is 6.77. The minimum Gasteiger partial charge on any atom is -0.481 e. The lowest BCUT2D eigenvalue weighted by molar-refractivity contribution is -0.145. The average molecular weight is 369 g/mol. The van der Waals surface area contributed by atoms with Crippen LogP contribution in [0.4, 0.5) is 4.79 Å². The van der Waals surface area contributed by atoms with Crippen molar-refractivity contribution in [2.75, 3.05) is 26.3 Å². The van der Waals surface area contributed by atoms with Gasteiger partial charge in [-0.1, -0.05) is 25.7 Å². The van der Waals surface area contributed by atoms with Gasteiger partial charge in [-0.15, -0.1) is 0 Å². The summed E-state index contributed by atoms with van der Waals surface area (Å²) in [5.74, 6) is -1.17. The van der Waals surface area contributed by atoms with Crippen molar-refractivity contribution in [1.82, 2.24) is 15.3 Å². The van der Waals surface area contributed by atoms with E-state index in [4.69, 9.17) is 9.84 Å². The molecule has 0 spiro atoms. The number of amides is 3. The molecule has 1 aliphatic heterocycles. The van der Waals surface area contributed by atoms with E-state index >= 15 is 0 Å². The van der Waals surface area contributed by atoms with Crippen molar-refractivity contribution >= 4 is 24.2 Å². The van der Waals surface area contributed by atoms with Crippen molar-refractivity contribution in [2.45, 2.75) is 51.0 Å². The normalized spacial score (nSPS) is 19.0. The molecule has 0 unspecified atom stereocenters. The Labute approximate surface area is 152 Å². The Morgan fingerprint density at radius 1 is 1.23 bits per heavy atom. The van der Waals surface area contributed by atoms with Crippen LogP contribution in [-0.4, -0.2) is 71.6 Å². The van der Waals surface area contributed by atoms with E-state index in [2.05, 4.69) is 5.43 Å². The molecular weight excluding hydrogens is 342 g/mol. The SMILES string of the molecule is O=C[C@H](CC(=O)O)N(NC(=O)N1CCOCC1)C(=O)CCC1CCCC1. The quantitative estimate of drug-likeness (QED) is 0.506. The van der Waals surface area contributed by atoms with Crippen LogP contribution in [0.1, 0.15) is 44.9 Å². The Bertz CT molecular complexity index is 515. The molecule has 1 atom stereocenters. The molecule has 9 nitrogen and oxygen atoms in total. The number of nitrogens with zero attached hydrogens (tertiary/aromatic N) is 2. The number of nitrogens with one attached hydrogen (secondary N) is 1. The lowest BCUT2D eigenvalue weighted by Gasteiger charge is -2.33. The molecule has 1 heterocycles. The molecule has 0 aromatic heterocycles. The third kappa shape index (κ3) is 5.98. The third-order valence-corrected chi connectivity index (χ3v) is 4.90. The third-order valence-electron chi connectivity index (χ3n) is 4.90. The first kappa shape index (κ1) is 20.2. The molecule has 26 heavy (non-hydrogen) atoms. The van der Waals surface area contributed by atoms with E-state index in [0.717, 1.165) is 30.7 Å². The zero-order valence-electron chi connectivity index (χ0n) is 14.9. The van der Waals surface area contributed by atoms with Crippen LogP contribution in [0.2, 0.25) is 0 Å². The van der Waals surface area contributed by atoms with Gasteiger partial charge in [-0.3, -0.25) is 9.59 Å². The van der Waals surface area contributed by atoms with Crippen LogP contribution in [0, 0.1) is 5.92 Å². The number of aldehydes is 1. The van der Waals surface area contributed by atoms with Gasteiger partial charge in [0.2, 0.25) is 5.91 Å². The Hall–Kier alpha value is -2.16. The van der Waals surface area contributed by atoms with E-state index in [1.807, 2.05) is 0 Å². The summed E-state index contributed by atoms with van der Waals surface area (Å²) in [5.41, 5.74) is 2.44. The number of morpholine rings is 1. The Balaban J connectivity index is 2.00. The largest absolute Gasteiger partial charge is 0.481 e. The monoisotopic (exact) mass is 369 g/mol. The molecular formula is C17H27N3O6. The minimum absolute atomic E-state index is 0.179. The van der Waals surface area contributed by atoms with E-state index in [9.17, 15) is 19.2 Å². The predicted molar refractivity (Wildman–Crippen MR) is 91.1 cm³/mol. The maximum atomic E-state index is 12.6. The Kier molecular flexibility index (Phi) is 7.83. The van der Waals surface area contributed by atoms with Gasteiger partial charge in [-0.2, -0.15) is 0 Å². The molecule has 2 N–H and O–H groups in total. The van der Waals surface area contributed by atoms with Crippen LogP contribution < -0.4 is 5.43 Å². The van der Waals surface area contributed by atoms with Crippen molar-refractivity contribution in [2.24, 2.45) is 5.92 Å². The number of carbonyl (C=O) groups is 4. The molecule has 2 rings (SSSR count). The van der Waals surface area contributed by atoms with Gasteiger partial charge in [0.1, 0.15) is 12.3 Å². The van der Waals surface area contributed by atoms with Gasteiger partial charge in [0.15, 0.2) is 0 Å². The predicted octanol–water partition coefficient (Wildman–Crippen LogP) is 0.784. The van der Waals surface area contributed by atoms with Gasteiger partial charge in [-0.05, 0) is 12.3 Å². The number of aliphatic carboxylic acids is 1. The van der Waals surface area contributed by atoms with E-state index in [1.165, 1.54) is 4.90 Å². The number of hydrogen-bond donors (Lipinski definition) is 2. The summed E-state index contributed by atoms with van der Waals surface area (Å²) < 4.78 is 5.18. The van der Waals surface area contributed by atoms with Crippen LogP contribution in [0.5, 0.6) is 0 Å². The highest BCUT2D eigenvalue weighted by molar-refractivity contribution is 5.85. The van der Waals surface area contributed by atoms with Gasteiger partial charge in [0.05, 0.1) is 19.6 Å². The highest BCUT2D eigenvalue weighted by Crippen LogP contribution is 2.28. The van der Waals surface area contributed by atoms with Crippen LogP contribution in [0.15, 0.2) is 0 Å². The fraction of sp³-hybridized carbons (Fsp3) is 0.765. The highest BCUT2D eigenvalue weighted by Gasteiger charge is 2.30. The number of carbonyl (C=O) groups excluding carboxylic acids is 3. The van der Waals surface area contributed by atoms with E-state index in [0.29, 0.717) is 44.9 Å². The molecule has 2 fully saturated rings. The number of urea groups is 1. The average Bonchev–Trinajstić information content (AvgIpc) is 3.16. The van der Waals surface area contributed by atoms with Crippen LogP contribution in [0.3, 0.4) is 0 Å². The molecule has 2 aliphatic rings. The molecule has 1 aliphatic carbocycles. The highest BCUT2D eigenvalue weighted by atomic mass is 16.5. The molecule has 1 saturated heterocycles. The van der Waals surface area contributed by atoms with Crippen LogP contribution >= 0.6 is 0 Å². The maximum Gasteiger partial charge on any atom is 0.336 e. The molecule has 146 valence electrons. The molecule has 9 heteroatoms. The Morgan fingerprint density at radius 3 is 2.46 bits per heavy atom. The van der Waals surface area contributed by atoms with Gasteiger partial charge in [0.25, 0.3) is 0 Å². The van der Waals surface area contributed by atoms with Crippen molar-refractivity contribution in [3.05, 3.63) is 0 Å². The summed E-state index contributed by atoms with van der Waals surface area (Å²) in [6.45, 7) is 1.55. The van der Waals surface area contributed by atoms with Crippen molar-refractivity contribution < 1.29 is 29.0 Å².